The van der Waals surface area contributed by atoms with Crippen molar-refractivity contribution >= 4 is 253 Å². The van der Waals surface area contributed by atoms with E-state index in [1.165, 1.54) is 11.3 Å². The molecule has 10 rings (SSSR count). The van der Waals surface area contributed by atoms with Gasteiger partial charge in [0.25, 0.3) is 0 Å². The molecule has 0 unspecified atom stereocenters. The molecular formula is C45H12B15N3OS. The van der Waals surface area contributed by atoms with Gasteiger partial charge in [0.05, 0.1) is 0 Å². The average molecular weight is 805 g/mol. The summed E-state index contributed by atoms with van der Waals surface area (Å²) in [6.07, 6.45) is 0. The van der Waals surface area contributed by atoms with E-state index in [4.69, 9.17) is 137 Å². The summed E-state index contributed by atoms with van der Waals surface area (Å²) in [5.41, 5.74) is 3.43. The molecule has 0 aliphatic heterocycles. The lowest BCUT2D eigenvalue weighted by Gasteiger charge is -2.30. The molecule has 4 nitrogen and oxygen atoms in total. The predicted octanol–water partition coefficient (Wildman–Crippen LogP) is -5.62. The summed E-state index contributed by atoms with van der Waals surface area (Å²) in [5, 5.41) is 2.70. The summed E-state index contributed by atoms with van der Waals surface area (Å²) >= 11 is 1.19. The zero-order valence-electron chi connectivity index (χ0n) is 34.2. The smallest absolute Gasteiger partial charge is 0.164 e. The third kappa shape index (κ3) is 6.44. The van der Waals surface area contributed by atoms with Gasteiger partial charge in [-0.15, -0.1) is 27.7 Å². The van der Waals surface area contributed by atoms with Gasteiger partial charge in [-0.3, -0.25) is 0 Å². The average Bonchev–Trinajstić information content (AvgIpc) is 3.90. The molecule has 0 saturated heterocycles. The van der Waals surface area contributed by atoms with Crippen molar-refractivity contribution in [2.45, 2.75) is 0 Å². The van der Waals surface area contributed by atoms with Crippen LogP contribution in [0.15, 0.2) is 77.2 Å². The standard InChI is InChI=1S/C45H12B15N3OS/c46-26-19(20-24-33(53)36(56)38(58)40(60)42(24)65-41(20)39(59)37(26)57)21-27(47)29(49)22(30(50)28(21)48)23-31(51)34(54)25(35(55)32(23)52)45-62-43(13-6-2-1-3-7-13)61-44(63-45)14-10-11-16-15-8-4-5-9-17(15)64-18(16)12-14/h1-12H. The van der Waals surface area contributed by atoms with Crippen LogP contribution in [-0.2, 0) is 0 Å². The molecule has 0 amide bonds. The van der Waals surface area contributed by atoms with E-state index in [9.17, 15) is 0 Å². The van der Waals surface area contributed by atoms with Gasteiger partial charge in [0.2, 0.25) is 0 Å². The molecule has 30 radical (unpaired) electrons. The number of hydrogen-bond acceptors (Lipinski definition) is 5. The molecule has 20 heteroatoms. The largest absolute Gasteiger partial charge is 0.456 e. The molecule has 7 aromatic carbocycles. The van der Waals surface area contributed by atoms with Gasteiger partial charge < -0.3 is 4.42 Å². The predicted molar refractivity (Wildman–Crippen MR) is 288 cm³/mol. The van der Waals surface area contributed by atoms with Crippen LogP contribution >= 0.6 is 11.3 Å². The first-order valence-electron chi connectivity index (χ1n) is 19.7. The van der Waals surface area contributed by atoms with Crippen molar-refractivity contribution in [3.8, 4) is 56.4 Å². The van der Waals surface area contributed by atoms with Gasteiger partial charge in [0.15, 0.2) is 17.5 Å². The van der Waals surface area contributed by atoms with Gasteiger partial charge in [0.1, 0.15) is 129 Å². The van der Waals surface area contributed by atoms with Crippen molar-refractivity contribution in [1.82, 2.24) is 15.0 Å². The SMILES string of the molecule is [B]c1c([B])c(-c2c([B])c([B])c(-c3c([B])c([B])c([B])c4sc5c([B])c([B])c([B])c([B])c5c34)c([B])c2[B])c([B])c([B])c1-c1nc(-c2ccccc2)nc(-c2ccc3c(c2)oc2ccccc23)n1. The second-order valence-electron chi connectivity index (χ2n) is 15.6. The highest BCUT2D eigenvalue weighted by atomic mass is 32.1. The van der Waals surface area contributed by atoms with Crippen LogP contribution in [0.4, 0.5) is 0 Å². The Morgan fingerprint density at radius 1 is 0.323 bits per heavy atom. The number of fused-ring (bicyclic) bond motifs is 6. The van der Waals surface area contributed by atoms with E-state index < -0.39 is 0 Å². The molecule has 0 bridgehead atoms. The fourth-order valence-corrected chi connectivity index (χ4v) is 9.82. The third-order valence-electron chi connectivity index (χ3n) is 12.0. The fourth-order valence-electron chi connectivity index (χ4n) is 8.55. The van der Waals surface area contributed by atoms with Crippen LogP contribution in [0.2, 0.25) is 0 Å². The maximum Gasteiger partial charge on any atom is 0.164 e. The highest BCUT2D eigenvalue weighted by molar-refractivity contribution is 7.28. The zero-order chi connectivity index (χ0) is 46.1. The molecule has 0 fully saturated rings. The Balaban J connectivity index is 1.18. The van der Waals surface area contributed by atoms with Gasteiger partial charge in [-0.25, -0.2) is 15.0 Å². The van der Waals surface area contributed by atoms with Crippen LogP contribution < -0.4 is 81.9 Å². The number of para-hydroxylation sites is 1. The van der Waals surface area contributed by atoms with Gasteiger partial charge in [-0.1, -0.05) is 120 Å². The minimum atomic E-state index is -0.0924. The summed E-state index contributed by atoms with van der Waals surface area (Å²) in [6, 6.07) is 22.8. The monoisotopic (exact) mass is 807 g/mol. The van der Waals surface area contributed by atoms with Crippen molar-refractivity contribution < 1.29 is 4.42 Å². The first kappa shape index (κ1) is 43.4. The van der Waals surface area contributed by atoms with Crippen LogP contribution in [0, 0.1) is 0 Å². The number of benzene rings is 7. The molecule has 3 heterocycles. The van der Waals surface area contributed by atoms with Gasteiger partial charge in [0, 0.05) is 42.2 Å². The quantitative estimate of drug-likeness (QED) is 0.163. The van der Waals surface area contributed by atoms with Crippen LogP contribution in [0.5, 0.6) is 0 Å². The Labute approximate surface area is 399 Å². The number of furan rings is 1. The minimum absolute atomic E-state index is 0.00832. The number of aromatic nitrogens is 3. The third-order valence-corrected chi connectivity index (χ3v) is 13.2. The normalized spacial score (nSPS) is 11.7. The molecule has 0 atom stereocenters. The number of thiophene rings is 1. The van der Waals surface area contributed by atoms with E-state index in [1.54, 1.807) is 0 Å². The second-order valence-corrected chi connectivity index (χ2v) is 16.6. The van der Waals surface area contributed by atoms with Gasteiger partial charge in [-0.2, -0.15) is 0 Å². The highest BCUT2D eigenvalue weighted by Crippen LogP contribution is 2.36. The number of rotatable bonds is 5. The van der Waals surface area contributed by atoms with Crippen LogP contribution in [-0.4, -0.2) is 133 Å². The van der Waals surface area contributed by atoms with E-state index >= 15 is 0 Å². The Hall–Kier alpha value is -5.46. The lowest BCUT2D eigenvalue weighted by molar-refractivity contribution is 0.669. The zero-order valence-corrected chi connectivity index (χ0v) is 35.1. The topological polar surface area (TPSA) is 51.8 Å². The molecule has 0 aliphatic carbocycles. The Bertz CT molecular complexity index is 3680. The first-order valence-corrected chi connectivity index (χ1v) is 20.5. The van der Waals surface area contributed by atoms with Crippen LogP contribution in [0.1, 0.15) is 0 Å². The van der Waals surface area contributed by atoms with Crippen molar-refractivity contribution in [2.75, 3.05) is 0 Å². The Morgan fingerprint density at radius 2 is 0.754 bits per heavy atom. The van der Waals surface area contributed by atoms with Gasteiger partial charge in [-0.05, 0) is 45.8 Å². The first-order chi connectivity index (χ1) is 31.0. The van der Waals surface area contributed by atoms with Crippen molar-refractivity contribution in [2.24, 2.45) is 0 Å². The van der Waals surface area contributed by atoms with E-state index in [0.29, 0.717) is 48.5 Å². The number of nitrogens with zero attached hydrogens (tertiary/aromatic N) is 3. The second kappa shape index (κ2) is 15.9. The van der Waals surface area contributed by atoms with Gasteiger partial charge >= 0.3 is 0 Å². The Morgan fingerprint density at radius 3 is 1.35 bits per heavy atom. The summed E-state index contributed by atoms with van der Waals surface area (Å²) in [4.78, 5) is 14.6. The molecule has 0 spiro atoms. The molecular weight excluding hydrogens is 793 g/mol. The lowest BCUT2D eigenvalue weighted by atomic mass is 9.56. The summed E-state index contributed by atoms with van der Waals surface area (Å²) in [7, 11) is 101. The molecule has 0 saturated carbocycles. The highest BCUT2D eigenvalue weighted by Gasteiger charge is 2.27. The molecule has 65 heavy (non-hydrogen) atoms. The van der Waals surface area contributed by atoms with E-state index in [2.05, 4.69) is 0 Å². The number of hydrogen-bond donors (Lipinski definition) is 0. The molecule has 264 valence electrons. The molecule has 0 aliphatic rings. The summed E-state index contributed by atoms with van der Waals surface area (Å²) in [5.74, 6) is 0.705. The molecule has 10 aromatic rings. The maximum atomic E-state index is 6.94. The van der Waals surface area contributed by atoms with E-state index in [-0.39, 0.29) is 116 Å². The van der Waals surface area contributed by atoms with E-state index in [0.717, 1.165) is 16.4 Å². The Kier molecular flexibility index (Phi) is 10.6. The van der Waals surface area contributed by atoms with Crippen molar-refractivity contribution in [3.05, 3.63) is 72.8 Å². The summed E-state index contributed by atoms with van der Waals surface area (Å²) in [6.45, 7) is 0. The minimum Gasteiger partial charge on any atom is -0.456 e. The maximum absolute atomic E-state index is 6.94. The van der Waals surface area contributed by atoms with Crippen LogP contribution in [0.25, 0.3) is 98.5 Å². The van der Waals surface area contributed by atoms with E-state index in [1.807, 2.05) is 72.8 Å². The van der Waals surface area contributed by atoms with Crippen LogP contribution in [0.3, 0.4) is 0 Å². The fraction of sp³-hybridized carbons (Fsp3) is 0. The molecule has 3 aromatic heterocycles. The lowest BCUT2D eigenvalue weighted by Crippen LogP contribution is -2.51. The molecule has 0 N–H and O–H groups in total. The van der Waals surface area contributed by atoms with Crippen molar-refractivity contribution in [1.29, 1.82) is 0 Å². The van der Waals surface area contributed by atoms with Crippen molar-refractivity contribution in [3.63, 3.8) is 0 Å². The summed E-state index contributed by atoms with van der Waals surface area (Å²) < 4.78 is 7.13.